The molecule has 1 aliphatic heterocycles. The van der Waals surface area contributed by atoms with Crippen LogP contribution < -0.4 is 14.8 Å². The molecule has 2 amide bonds. The highest BCUT2D eigenvalue weighted by Crippen LogP contribution is 2.33. The first-order valence-corrected chi connectivity index (χ1v) is 10.1. The van der Waals surface area contributed by atoms with Crippen LogP contribution in [0.5, 0.6) is 17.2 Å². The minimum Gasteiger partial charge on any atom is -0.506 e. The summed E-state index contributed by atoms with van der Waals surface area (Å²) in [6.07, 6.45) is 3.63. The van der Waals surface area contributed by atoms with Gasteiger partial charge < -0.3 is 24.8 Å². The number of phenolic OH excluding ortho intramolecular Hbond substituents is 1. The number of phenols is 1. The summed E-state index contributed by atoms with van der Waals surface area (Å²) in [5.74, 6) is -0.808. The maximum absolute atomic E-state index is 12.7. The number of ether oxygens (including phenoxy) is 2. The molecule has 2 N–H and O–H groups in total. The molecule has 0 saturated carbocycles. The second kappa shape index (κ2) is 10.6. The van der Waals surface area contributed by atoms with E-state index < -0.39 is 6.61 Å². The number of para-hydroxylation sites is 3. The molecule has 32 heavy (non-hydrogen) atoms. The number of nitrogens with zero attached hydrogens (tertiary/aromatic N) is 1. The van der Waals surface area contributed by atoms with Crippen LogP contribution in [0.2, 0.25) is 0 Å². The highest BCUT2D eigenvalue weighted by Gasteiger charge is 2.27. The van der Waals surface area contributed by atoms with Crippen molar-refractivity contribution < 1.29 is 33.0 Å². The minimum absolute atomic E-state index is 0.00802. The molecule has 0 spiro atoms. The van der Waals surface area contributed by atoms with Gasteiger partial charge in [0.05, 0.1) is 12.8 Å². The number of anilines is 1. The van der Waals surface area contributed by atoms with E-state index in [4.69, 9.17) is 4.74 Å². The number of carbonyl (C=O) groups excluding carboxylic acids is 2. The molecule has 0 bridgehead atoms. The predicted octanol–water partition coefficient (Wildman–Crippen LogP) is 3.89. The number of aromatic hydroxyl groups is 1. The molecule has 0 atom stereocenters. The Labute approximate surface area is 184 Å². The molecule has 1 saturated heterocycles. The predicted molar refractivity (Wildman–Crippen MR) is 115 cm³/mol. The number of carbonyl (C=O) groups is 2. The number of nitrogens with one attached hydrogen (secondary N) is 1. The van der Waals surface area contributed by atoms with Gasteiger partial charge in [0.2, 0.25) is 11.8 Å². The van der Waals surface area contributed by atoms with Gasteiger partial charge in [-0.15, -0.1) is 0 Å². The summed E-state index contributed by atoms with van der Waals surface area (Å²) in [6.45, 7) is -2.28. The molecule has 1 fully saturated rings. The largest absolute Gasteiger partial charge is 0.506 e. The number of likely N-dealkylation sites (tertiary alicyclic amines) is 1. The highest BCUT2D eigenvalue weighted by atomic mass is 19.3. The number of amides is 2. The Morgan fingerprint density at radius 2 is 1.88 bits per heavy atom. The van der Waals surface area contributed by atoms with Crippen molar-refractivity contribution in [2.45, 2.75) is 19.5 Å². The van der Waals surface area contributed by atoms with Crippen molar-refractivity contribution in [3.63, 3.8) is 0 Å². The molecule has 9 heteroatoms. The fraction of sp³-hybridized carbons (Fsp3) is 0.304. The van der Waals surface area contributed by atoms with Crippen molar-refractivity contribution in [1.82, 2.24) is 4.90 Å². The monoisotopic (exact) mass is 446 g/mol. The lowest BCUT2D eigenvalue weighted by Gasteiger charge is -2.30. The van der Waals surface area contributed by atoms with Crippen molar-refractivity contribution in [3.8, 4) is 17.2 Å². The normalized spacial score (nSPS) is 14.6. The molecule has 1 aliphatic rings. The average molecular weight is 446 g/mol. The summed E-state index contributed by atoms with van der Waals surface area (Å²) < 4.78 is 35.1. The number of alkyl halides is 2. The van der Waals surface area contributed by atoms with Crippen LogP contribution in [0.25, 0.3) is 6.08 Å². The summed E-state index contributed by atoms with van der Waals surface area (Å²) in [4.78, 5) is 26.6. The van der Waals surface area contributed by atoms with E-state index >= 15 is 0 Å². The van der Waals surface area contributed by atoms with Crippen molar-refractivity contribution in [2.24, 2.45) is 5.92 Å². The second-order valence-corrected chi connectivity index (χ2v) is 7.20. The molecule has 0 unspecified atom stereocenters. The molecule has 1 heterocycles. The van der Waals surface area contributed by atoms with Crippen molar-refractivity contribution in [1.29, 1.82) is 0 Å². The van der Waals surface area contributed by atoms with Crippen LogP contribution in [0.15, 0.2) is 48.5 Å². The van der Waals surface area contributed by atoms with Gasteiger partial charge in [0.15, 0.2) is 11.5 Å². The molecular weight excluding hydrogens is 422 g/mol. The third-order valence-electron chi connectivity index (χ3n) is 5.18. The van der Waals surface area contributed by atoms with E-state index in [9.17, 15) is 23.5 Å². The summed E-state index contributed by atoms with van der Waals surface area (Å²) in [5, 5.41) is 12.5. The quantitative estimate of drug-likeness (QED) is 0.498. The fourth-order valence-electron chi connectivity index (χ4n) is 3.48. The zero-order valence-electron chi connectivity index (χ0n) is 17.5. The Morgan fingerprint density at radius 1 is 1.16 bits per heavy atom. The Balaban J connectivity index is 1.58. The minimum atomic E-state index is -3.03. The number of benzene rings is 2. The number of halogens is 2. The van der Waals surface area contributed by atoms with Crippen LogP contribution in [-0.4, -0.2) is 48.6 Å². The summed E-state index contributed by atoms with van der Waals surface area (Å²) >= 11 is 0. The molecule has 2 aromatic carbocycles. The van der Waals surface area contributed by atoms with E-state index in [0.29, 0.717) is 31.6 Å². The lowest BCUT2D eigenvalue weighted by molar-refractivity contribution is -0.130. The molecule has 7 nitrogen and oxygen atoms in total. The first kappa shape index (κ1) is 23.1. The number of hydrogen-bond donors (Lipinski definition) is 2. The van der Waals surface area contributed by atoms with Gasteiger partial charge in [0.25, 0.3) is 0 Å². The van der Waals surface area contributed by atoms with E-state index in [1.165, 1.54) is 31.4 Å². The smallest absolute Gasteiger partial charge is 0.387 e. The van der Waals surface area contributed by atoms with Crippen LogP contribution in [0.1, 0.15) is 18.4 Å². The highest BCUT2D eigenvalue weighted by molar-refractivity contribution is 5.95. The van der Waals surface area contributed by atoms with Gasteiger partial charge in [-0.05, 0) is 37.1 Å². The zero-order chi connectivity index (χ0) is 23.1. The van der Waals surface area contributed by atoms with Gasteiger partial charge in [0, 0.05) is 30.6 Å². The molecule has 0 aliphatic carbocycles. The second-order valence-electron chi connectivity index (χ2n) is 7.20. The fourth-order valence-corrected chi connectivity index (χ4v) is 3.48. The van der Waals surface area contributed by atoms with Gasteiger partial charge in [-0.25, -0.2) is 0 Å². The van der Waals surface area contributed by atoms with E-state index in [1.807, 2.05) is 0 Å². The summed E-state index contributed by atoms with van der Waals surface area (Å²) in [7, 11) is 1.34. The molecule has 170 valence electrons. The maximum atomic E-state index is 12.7. The standard InChI is InChI=1S/C23H24F2N2O5/c1-31-19-8-4-5-15(21(19)32-23(24)25)9-10-20(29)27-13-11-16(12-14-27)22(30)26-17-6-2-3-7-18(17)28/h2-10,16,23,28H,11-14H2,1H3,(H,26,30). The lowest BCUT2D eigenvalue weighted by atomic mass is 9.95. The Bertz CT molecular complexity index is 988. The van der Waals surface area contributed by atoms with Gasteiger partial charge >= 0.3 is 6.61 Å². The van der Waals surface area contributed by atoms with Crippen LogP contribution in [0, 0.1) is 5.92 Å². The van der Waals surface area contributed by atoms with Gasteiger partial charge in [0.1, 0.15) is 5.75 Å². The molecule has 0 aromatic heterocycles. The van der Waals surface area contributed by atoms with Crippen molar-refractivity contribution in [3.05, 3.63) is 54.1 Å². The van der Waals surface area contributed by atoms with E-state index in [0.717, 1.165) is 0 Å². The summed E-state index contributed by atoms with van der Waals surface area (Å²) in [5.41, 5.74) is 0.633. The average Bonchev–Trinajstić information content (AvgIpc) is 2.79. The third-order valence-corrected chi connectivity index (χ3v) is 5.18. The first-order chi connectivity index (χ1) is 15.4. The zero-order valence-corrected chi connectivity index (χ0v) is 17.5. The van der Waals surface area contributed by atoms with Crippen molar-refractivity contribution >= 4 is 23.6 Å². The van der Waals surface area contributed by atoms with E-state index in [-0.39, 0.29) is 40.5 Å². The van der Waals surface area contributed by atoms with Crippen LogP contribution in [0.4, 0.5) is 14.5 Å². The van der Waals surface area contributed by atoms with E-state index in [2.05, 4.69) is 10.1 Å². The molecular formula is C23H24F2N2O5. The molecule has 2 aromatic rings. The number of hydrogen-bond acceptors (Lipinski definition) is 5. The van der Waals surface area contributed by atoms with E-state index in [1.54, 1.807) is 35.2 Å². The third kappa shape index (κ3) is 5.75. The Kier molecular flexibility index (Phi) is 7.64. The Morgan fingerprint density at radius 3 is 2.53 bits per heavy atom. The summed E-state index contributed by atoms with van der Waals surface area (Å²) in [6, 6.07) is 11.1. The maximum Gasteiger partial charge on any atom is 0.387 e. The molecule has 3 rings (SSSR count). The van der Waals surface area contributed by atoms with Gasteiger partial charge in [-0.2, -0.15) is 8.78 Å². The van der Waals surface area contributed by atoms with Crippen LogP contribution in [-0.2, 0) is 9.59 Å². The van der Waals surface area contributed by atoms with Gasteiger partial charge in [-0.1, -0.05) is 24.3 Å². The SMILES string of the molecule is COc1cccc(C=CC(=O)N2CCC(C(=O)Nc3ccccc3O)CC2)c1OC(F)F. The van der Waals surface area contributed by atoms with Crippen LogP contribution in [0.3, 0.4) is 0 Å². The van der Waals surface area contributed by atoms with Crippen molar-refractivity contribution in [2.75, 3.05) is 25.5 Å². The first-order valence-electron chi connectivity index (χ1n) is 10.1. The van der Waals surface area contributed by atoms with Gasteiger partial charge in [-0.3, -0.25) is 9.59 Å². The molecule has 0 radical (unpaired) electrons. The number of rotatable bonds is 7. The number of piperidine rings is 1. The lowest BCUT2D eigenvalue weighted by Crippen LogP contribution is -2.40. The Hall–Kier alpha value is -3.62. The topological polar surface area (TPSA) is 88.1 Å². The number of methoxy groups -OCH3 is 1. The van der Waals surface area contributed by atoms with Crippen LogP contribution >= 0.6 is 0 Å².